The quantitative estimate of drug-likeness (QED) is 0.153. The first-order valence-corrected chi connectivity index (χ1v) is 17.2. The normalized spacial score (nSPS) is 13.3. The second-order valence-corrected chi connectivity index (χ2v) is 17.2. The van der Waals surface area contributed by atoms with E-state index >= 15 is 0 Å². The van der Waals surface area contributed by atoms with Gasteiger partial charge in [-0.2, -0.15) is 0 Å². The number of unbranched alkanes of at least 4 members (excludes halogenated alkanes) is 2. The zero-order valence-electron chi connectivity index (χ0n) is 21.0. The van der Waals surface area contributed by atoms with Gasteiger partial charge in [0.15, 0.2) is 0 Å². The van der Waals surface area contributed by atoms with Crippen molar-refractivity contribution >= 4 is 34.8 Å². The van der Waals surface area contributed by atoms with Crippen LogP contribution >= 0.6 is 0 Å². The van der Waals surface area contributed by atoms with Gasteiger partial charge in [0, 0.05) is 32.9 Å². The highest BCUT2D eigenvalue weighted by molar-refractivity contribution is 7.92. The molecular formula is C25H37N3O5SSi. The molecular weight excluding hydrogens is 482 g/mol. The second kappa shape index (κ2) is 12.1. The predicted molar refractivity (Wildman–Crippen MR) is 142 cm³/mol. The number of aromatic amines is 1. The maximum atomic E-state index is 13.2. The minimum Gasteiger partial charge on any atom is -0.396 e. The average molecular weight is 520 g/mol. The zero-order chi connectivity index (χ0) is 25.5. The van der Waals surface area contributed by atoms with Crippen molar-refractivity contribution < 1.29 is 23.0 Å². The highest BCUT2D eigenvalue weighted by atomic mass is 32.2. The monoisotopic (exact) mass is 519 g/mol. The number of fused-ring (bicyclic) bond motifs is 1. The number of hydrogen-bond donors (Lipinski definition) is 3. The summed E-state index contributed by atoms with van der Waals surface area (Å²) in [5, 5.41) is 9.82. The lowest BCUT2D eigenvalue weighted by Crippen LogP contribution is -2.24. The molecule has 1 atom stereocenters. The van der Waals surface area contributed by atoms with E-state index in [9.17, 15) is 8.42 Å². The summed E-state index contributed by atoms with van der Waals surface area (Å²) in [7, 11) is -5.20. The third kappa shape index (κ3) is 8.15. The van der Waals surface area contributed by atoms with Gasteiger partial charge < -0.3 is 19.6 Å². The van der Waals surface area contributed by atoms with Gasteiger partial charge in [-0.25, -0.2) is 13.4 Å². The Morgan fingerprint density at radius 3 is 2.46 bits per heavy atom. The summed E-state index contributed by atoms with van der Waals surface area (Å²) >= 11 is 0. The van der Waals surface area contributed by atoms with Crippen molar-refractivity contribution in [3.05, 3.63) is 53.9 Å². The van der Waals surface area contributed by atoms with Gasteiger partial charge in [0.05, 0.1) is 17.2 Å². The van der Waals surface area contributed by atoms with Gasteiger partial charge in [-0.05, 0) is 56.5 Å². The van der Waals surface area contributed by atoms with E-state index in [4.69, 9.17) is 19.6 Å². The number of pyridine rings is 1. The number of sulfonamides is 1. The number of aryl methyl sites for hydroxylation is 1. The third-order valence-electron chi connectivity index (χ3n) is 5.56. The summed E-state index contributed by atoms with van der Waals surface area (Å²) < 4.78 is 41.4. The summed E-state index contributed by atoms with van der Waals surface area (Å²) in [6.07, 6.45) is 3.22. The Kier molecular flexibility index (Phi) is 9.48. The summed E-state index contributed by atoms with van der Waals surface area (Å²) in [6.45, 7) is 9.76. The standard InChI is InChI=1S/C25H37N3O5SSi/c1-19-8-10-21(11-9-19)34(30,31)28-22-18-20-12-13-26-24(20)27-23(22)25(32-15-7-5-6-14-29)33-16-17-35(2,3)4/h8-13,18,25,28-29H,5-7,14-17H2,1-4H3,(H,26,27). The smallest absolute Gasteiger partial charge is 0.261 e. The molecule has 0 fully saturated rings. The number of hydrogen-bond acceptors (Lipinski definition) is 6. The van der Waals surface area contributed by atoms with Gasteiger partial charge >= 0.3 is 0 Å². The van der Waals surface area contributed by atoms with Gasteiger partial charge in [-0.3, -0.25) is 4.72 Å². The molecule has 8 nitrogen and oxygen atoms in total. The molecule has 0 radical (unpaired) electrons. The Bertz CT molecular complexity index is 1190. The molecule has 192 valence electrons. The molecule has 0 saturated carbocycles. The summed E-state index contributed by atoms with van der Waals surface area (Å²) in [6, 6.07) is 11.2. The summed E-state index contributed by atoms with van der Waals surface area (Å²) in [5.41, 5.74) is 2.31. The van der Waals surface area contributed by atoms with Crippen molar-refractivity contribution in [3.8, 4) is 0 Å². The molecule has 35 heavy (non-hydrogen) atoms. The van der Waals surface area contributed by atoms with E-state index in [2.05, 4.69) is 29.3 Å². The van der Waals surface area contributed by atoms with Crippen LogP contribution in [-0.2, 0) is 19.5 Å². The van der Waals surface area contributed by atoms with E-state index in [1.54, 1.807) is 36.5 Å². The number of aromatic nitrogens is 2. The molecule has 0 saturated heterocycles. The molecule has 0 bridgehead atoms. The molecule has 1 aromatic carbocycles. The number of ether oxygens (including phenoxy) is 2. The fourth-order valence-corrected chi connectivity index (χ4v) is 5.23. The van der Waals surface area contributed by atoms with E-state index in [1.807, 2.05) is 13.0 Å². The maximum absolute atomic E-state index is 13.2. The average Bonchev–Trinajstić information content (AvgIpc) is 3.24. The molecule has 1 unspecified atom stereocenters. The van der Waals surface area contributed by atoms with Crippen LogP contribution in [0.15, 0.2) is 47.5 Å². The number of benzene rings is 1. The number of anilines is 1. The largest absolute Gasteiger partial charge is 0.396 e. The number of aliphatic hydroxyl groups is 1. The number of rotatable bonds is 14. The SMILES string of the molecule is Cc1ccc(S(=O)(=O)Nc2cc3cc[nH]c3nc2C(OCCCCCO)OCC[Si](C)(C)C)cc1. The molecule has 0 aliphatic rings. The molecule has 3 N–H and O–H groups in total. The number of aliphatic hydroxyl groups excluding tert-OH is 1. The first-order chi connectivity index (χ1) is 16.6. The van der Waals surface area contributed by atoms with Crippen molar-refractivity contribution in [2.24, 2.45) is 0 Å². The van der Waals surface area contributed by atoms with Gasteiger partial charge in [0.2, 0.25) is 6.29 Å². The van der Waals surface area contributed by atoms with Crippen LogP contribution in [-0.4, -0.2) is 51.4 Å². The van der Waals surface area contributed by atoms with Gasteiger partial charge in [0.1, 0.15) is 11.3 Å². The van der Waals surface area contributed by atoms with E-state index in [0.29, 0.717) is 36.7 Å². The van der Waals surface area contributed by atoms with Crippen LogP contribution in [0.4, 0.5) is 5.69 Å². The van der Waals surface area contributed by atoms with Gasteiger partial charge in [0.25, 0.3) is 10.0 Å². The summed E-state index contributed by atoms with van der Waals surface area (Å²) in [5.74, 6) is 0. The molecule has 2 aromatic heterocycles. The van der Waals surface area contributed by atoms with Crippen molar-refractivity contribution in [1.82, 2.24) is 9.97 Å². The van der Waals surface area contributed by atoms with Crippen LogP contribution in [0.5, 0.6) is 0 Å². The lowest BCUT2D eigenvalue weighted by Gasteiger charge is -2.23. The zero-order valence-corrected chi connectivity index (χ0v) is 22.8. The molecule has 3 aromatic rings. The topological polar surface area (TPSA) is 114 Å². The first-order valence-electron chi connectivity index (χ1n) is 12.0. The Labute approximate surface area is 209 Å². The lowest BCUT2D eigenvalue weighted by atomic mass is 10.2. The molecule has 2 heterocycles. The van der Waals surface area contributed by atoms with E-state index in [-0.39, 0.29) is 11.5 Å². The van der Waals surface area contributed by atoms with E-state index in [1.165, 1.54) is 0 Å². The van der Waals surface area contributed by atoms with Crippen molar-refractivity contribution in [2.75, 3.05) is 24.5 Å². The van der Waals surface area contributed by atoms with Crippen LogP contribution in [0.2, 0.25) is 25.7 Å². The fourth-order valence-electron chi connectivity index (χ4n) is 3.44. The molecule has 0 aliphatic carbocycles. The number of nitrogens with one attached hydrogen (secondary N) is 2. The van der Waals surface area contributed by atoms with Crippen LogP contribution < -0.4 is 4.72 Å². The molecule has 0 aliphatic heterocycles. The van der Waals surface area contributed by atoms with Crippen molar-refractivity contribution in [2.45, 2.75) is 63.1 Å². The Morgan fingerprint density at radius 1 is 1.06 bits per heavy atom. The second-order valence-electron chi connectivity index (χ2n) is 9.92. The summed E-state index contributed by atoms with van der Waals surface area (Å²) in [4.78, 5) is 7.95. The first kappa shape index (κ1) is 27.3. The molecule has 3 rings (SSSR count). The Balaban J connectivity index is 1.92. The molecule has 0 amide bonds. The third-order valence-corrected chi connectivity index (χ3v) is 8.64. The van der Waals surface area contributed by atoms with Crippen LogP contribution in [0.3, 0.4) is 0 Å². The Hall–Kier alpha value is -2.24. The predicted octanol–water partition coefficient (Wildman–Crippen LogP) is 5.20. The Morgan fingerprint density at radius 2 is 1.77 bits per heavy atom. The van der Waals surface area contributed by atoms with Crippen molar-refractivity contribution in [1.29, 1.82) is 0 Å². The van der Waals surface area contributed by atoms with Crippen LogP contribution in [0.25, 0.3) is 11.0 Å². The maximum Gasteiger partial charge on any atom is 0.261 e. The van der Waals surface area contributed by atoms with Crippen LogP contribution in [0, 0.1) is 6.92 Å². The molecule has 10 heteroatoms. The van der Waals surface area contributed by atoms with E-state index in [0.717, 1.165) is 29.8 Å². The minimum atomic E-state index is -3.85. The highest BCUT2D eigenvalue weighted by Crippen LogP contribution is 2.31. The van der Waals surface area contributed by atoms with Crippen molar-refractivity contribution in [3.63, 3.8) is 0 Å². The molecule has 0 spiro atoms. The number of H-pyrrole nitrogens is 1. The lowest BCUT2D eigenvalue weighted by molar-refractivity contribution is -0.146. The minimum absolute atomic E-state index is 0.145. The van der Waals surface area contributed by atoms with Gasteiger partial charge in [-0.15, -0.1) is 0 Å². The van der Waals surface area contributed by atoms with E-state index < -0.39 is 24.4 Å². The number of nitrogens with zero attached hydrogens (tertiary/aromatic N) is 1. The van der Waals surface area contributed by atoms with Crippen LogP contribution in [0.1, 0.15) is 36.8 Å². The fraction of sp³-hybridized carbons (Fsp3) is 0.480. The van der Waals surface area contributed by atoms with Gasteiger partial charge in [-0.1, -0.05) is 37.3 Å². The highest BCUT2D eigenvalue weighted by Gasteiger charge is 2.25.